The molecule has 1 heterocycles. The number of carbonyl (C=O) groups is 1. The van der Waals surface area contributed by atoms with Gasteiger partial charge in [-0.25, -0.2) is 9.18 Å². The number of esters is 1. The third-order valence-corrected chi connectivity index (χ3v) is 4.39. The molecule has 1 aliphatic rings. The van der Waals surface area contributed by atoms with Gasteiger partial charge >= 0.3 is 5.97 Å². The van der Waals surface area contributed by atoms with E-state index >= 15 is 0 Å². The van der Waals surface area contributed by atoms with Crippen molar-refractivity contribution < 1.29 is 13.9 Å². The Hall–Kier alpha value is -2.46. The topological polar surface area (TPSA) is 29.5 Å². The van der Waals surface area contributed by atoms with E-state index in [2.05, 4.69) is 17.0 Å². The van der Waals surface area contributed by atoms with E-state index in [1.54, 1.807) is 19.1 Å². The Bertz CT molecular complexity index is 753. The van der Waals surface area contributed by atoms with Gasteiger partial charge in [0.05, 0.1) is 6.61 Å². The molecular weight excluding hydrogens is 317 g/mol. The molecule has 0 aliphatic carbocycles. The minimum absolute atomic E-state index is 0.263. The van der Waals surface area contributed by atoms with Gasteiger partial charge in [-0.05, 0) is 42.2 Å². The maximum Gasteiger partial charge on any atom is 0.334 e. The summed E-state index contributed by atoms with van der Waals surface area (Å²) in [5.41, 5.74) is 3.75. The maximum atomic E-state index is 13.3. The van der Waals surface area contributed by atoms with E-state index in [4.69, 9.17) is 4.74 Å². The van der Waals surface area contributed by atoms with Gasteiger partial charge in [0.2, 0.25) is 0 Å². The summed E-state index contributed by atoms with van der Waals surface area (Å²) in [5, 5.41) is 0. The number of ether oxygens (including phenoxy) is 1. The molecular formula is C21H22FNO2. The quantitative estimate of drug-likeness (QED) is 0.770. The van der Waals surface area contributed by atoms with E-state index in [-0.39, 0.29) is 11.8 Å². The molecule has 2 aromatic rings. The highest BCUT2D eigenvalue weighted by Gasteiger charge is 2.25. The summed E-state index contributed by atoms with van der Waals surface area (Å²) >= 11 is 0. The first-order valence-corrected chi connectivity index (χ1v) is 8.58. The first kappa shape index (κ1) is 17.4. The second kappa shape index (κ2) is 8.08. The second-order valence-electron chi connectivity index (χ2n) is 6.13. The van der Waals surface area contributed by atoms with Crippen LogP contribution in [-0.2, 0) is 16.1 Å². The zero-order valence-electron chi connectivity index (χ0n) is 14.4. The lowest BCUT2D eigenvalue weighted by atomic mass is 9.93. The SMILES string of the molecule is CCOC(=O)C1=C(c2ccc(F)cc2)CN(Cc2ccccc2)CC1. The van der Waals surface area contributed by atoms with Crippen molar-refractivity contribution in [1.82, 2.24) is 4.90 Å². The maximum absolute atomic E-state index is 13.3. The molecule has 0 amide bonds. The van der Waals surface area contributed by atoms with E-state index < -0.39 is 0 Å². The van der Waals surface area contributed by atoms with Gasteiger partial charge in [-0.15, -0.1) is 0 Å². The standard InChI is InChI=1S/C21H22FNO2/c1-2-25-21(24)19-12-13-23(14-16-6-4-3-5-7-16)15-20(19)17-8-10-18(22)11-9-17/h3-11H,2,12-15H2,1H3. The monoisotopic (exact) mass is 339 g/mol. The van der Waals surface area contributed by atoms with Crippen LogP contribution in [0.25, 0.3) is 5.57 Å². The molecule has 0 saturated carbocycles. The van der Waals surface area contributed by atoms with Crippen LogP contribution in [0, 0.1) is 5.82 Å². The highest BCUT2D eigenvalue weighted by molar-refractivity contribution is 5.98. The number of nitrogens with zero attached hydrogens (tertiary/aromatic N) is 1. The highest BCUT2D eigenvalue weighted by Crippen LogP contribution is 2.28. The van der Waals surface area contributed by atoms with E-state index in [0.717, 1.165) is 24.2 Å². The fourth-order valence-corrected chi connectivity index (χ4v) is 3.16. The van der Waals surface area contributed by atoms with Crippen molar-refractivity contribution in [2.45, 2.75) is 19.9 Å². The zero-order chi connectivity index (χ0) is 17.6. The third kappa shape index (κ3) is 4.34. The van der Waals surface area contributed by atoms with Crippen molar-refractivity contribution in [1.29, 1.82) is 0 Å². The molecule has 0 N–H and O–H groups in total. The molecule has 0 aromatic heterocycles. The molecule has 130 valence electrons. The van der Waals surface area contributed by atoms with Gasteiger partial charge in [0, 0.05) is 25.2 Å². The fourth-order valence-electron chi connectivity index (χ4n) is 3.16. The fraction of sp³-hybridized carbons (Fsp3) is 0.286. The lowest BCUT2D eigenvalue weighted by Crippen LogP contribution is -2.33. The van der Waals surface area contributed by atoms with Crippen molar-refractivity contribution in [3.05, 3.63) is 77.1 Å². The zero-order valence-corrected chi connectivity index (χ0v) is 14.4. The molecule has 0 spiro atoms. The summed E-state index contributed by atoms with van der Waals surface area (Å²) in [6.45, 7) is 4.43. The molecule has 2 aromatic carbocycles. The average Bonchev–Trinajstić information content (AvgIpc) is 2.63. The van der Waals surface area contributed by atoms with Gasteiger partial charge in [-0.3, -0.25) is 4.90 Å². The first-order valence-electron chi connectivity index (χ1n) is 8.58. The van der Waals surface area contributed by atoms with Gasteiger partial charge in [0.25, 0.3) is 0 Å². The predicted molar refractivity (Wildman–Crippen MR) is 96.3 cm³/mol. The summed E-state index contributed by atoms with van der Waals surface area (Å²) < 4.78 is 18.5. The number of carbonyl (C=O) groups excluding carboxylic acids is 1. The van der Waals surface area contributed by atoms with Gasteiger partial charge in [0.15, 0.2) is 0 Å². The van der Waals surface area contributed by atoms with Crippen molar-refractivity contribution in [3.8, 4) is 0 Å². The number of hydrogen-bond donors (Lipinski definition) is 0. The molecule has 25 heavy (non-hydrogen) atoms. The molecule has 0 radical (unpaired) electrons. The molecule has 4 heteroatoms. The number of hydrogen-bond acceptors (Lipinski definition) is 3. The lowest BCUT2D eigenvalue weighted by molar-refractivity contribution is -0.138. The summed E-state index contributed by atoms with van der Waals surface area (Å²) in [6.07, 6.45) is 0.637. The van der Waals surface area contributed by atoms with Crippen LogP contribution in [0.2, 0.25) is 0 Å². The van der Waals surface area contributed by atoms with Crippen molar-refractivity contribution in [3.63, 3.8) is 0 Å². The van der Waals surface area contributed by atoms with Crippen LogP contribution < -0.4 is 0 Å². The molecule has 0 atom stereocenters. The van der Waals surface area contributed by atoms with Crippen LogP contribution in [0.4, 0.5) is 4.39 Å². The molecule has 0 unspecified atom stereocenters. The van der Waals surface area contributed by atoms with E-state index in [9.17, 15) is 9.18 Å². The Morgan fingerprint density at radius 1 is 1.12 bits per heavy atom. The molecule has 3 rings (SSSR count). The summed E-state index contributed by atoms with van der Waals surface area (Å²) in [6, 6.07) is 16.6. The predicted octanol–water partition coefficient (Wildman–Crippen LogP) is 4.05. The van der Waals surface area contributed by atoms with E-state index in [1.807, 2.05) is 18.2 Å². The van der Waals surface area contributed by atoms with Gasteiger partial charge in [0.1, 0.15) is 5.82 Å². The molecule has 3 nitrogen and oxygen atoms in total. The van der Waals surface area contributed by atoms with Gasteiger partial charge in [-0.1, -0.05) is 42.5 Å². The summed E-state index contributed by atoms with van der Waals surface area (Å²) in [5.74, 6) is -0.542. The number of rotatable bonds is 5. The second-order valence-corrected chi connectivity index (χ2v) is 6.13. The average molecular weight is 339 g/mol. The van der Waals surface area contributed by atoms with Crippen LogP contribution in [0.1, 0.15) is 24.5 Å². The van der Waals surface area contributed by atoms with Crippen LogP contribution in [0.3, 0.4) is 0 Å². The Labute approximate surface area is 147 Å². The van der Waals surface area contributed by atoms with Crippen LogP contribution in [-0.4, -0.2) is 30.6 Å². The largest absolute Gasteiger partial charge is 0.463 e. The lowest BCUT2D eigenvalue weighted by Gasteiger charge is -2.30. The molecule has 0 saturated heterocycles. The van der Waals surface area contributed by atoms with Crippen molar-refractivity contribution in [2.24, 2.45) is 0 Å². The molecule has 0 fully saturated rings. The first-order chi connectivity index (χ1) is 12.2. The number of halogens is 1. The normalized spacial score (nSPS) is 15.3. The Morgan fingerprint density at radius 3 is 2.52 bits per heavy atom. The third-order valence-electron chi connectivity index (χ3n) is 4.39. The van der Waals surface area contributed by atoms with E-state index in [0.29, 0.717) is 25.1 Å². The Balaban J connectivity index is 1.87. The van der Waals surface area contributed by atoms with Crippen LogP contribution >= 0.6 is 0 Å². The van der Waals surface area contributed by atoms with E-state index in [1.165, 1.54) is 17.7 Å². The Morgan fingerprint density at radius 2 is 1.84 bits per heavy atom. The summed E-state index contributed by atoms with van der Waals surface area (Å²) in [4.78, 5) is 14.6. The Kier molecular flexibility index (Phi) is 5.61. The number of benzene rings is 2. The molecule has 1 aliphatic heterocycles. The smallest absolute Gasteiger partial charge is 0.334 e. The van der Waals surface area contributed by atoms with Gasteiger partial charge in [-0.2, -0.15) is 0 Å². The van der Waals surface area contributed by atoms with Crippen LogP contribution in [0.15, 0.2) is 60.2 Å². The van der Waals surface area contributed by atoms with Crippen molar-refractivity contribution in [2.75, 3.05) is 19.7 Å². The van der Waals surface area contributed by atoms with Crippen LogP contribution in [0.5, 0.6) is 0 Å². The summed E-state index contributed by atoms with van der Waals surface area (Å²) in [7, 11) is 0. The van der Waals surface area contributed by atoms with Gasteiger partial charge < -0.3 is 4.74 Å². The minimum Gasteiger partial charge on any atom is -0.463 e. The van der Waals surface area contributed by atoms with Crippen molar-refractivity contribution >= 4 is 11.5 Å². The minimum atomic E-state index is -0.279. The molecule has 0 bridgehead atoms. The highest BCUT2D eigenvalue weighted by atomic mass is 19.1.